The number of carbonyl (C=O) groups excluding carboxylic acids is 1. The van der Waals surface area contributed by atoms with E-state index in [9.17, 15) is 4.79 Å². The summed E-state index contributed by atoms with van der Waals surface area (Å²) in [6, 6.07) is 21.0. The molecule has 1 atom stereocenters. The summed E-state index contributed by atoms with van der Waals surface area (Å²) in [5.41, 5.74) is 0.737. The van der Waals surface area contributed by atoms with Gasteiger partial charge in [0.1, 0.15) is 6.10 Å². The first kappa shape index (κ1) is 22.1. The zero-order valence-corrected chi connectivity index (χ0v) is 19.3. The van der Waals surface area contributed by atoms with Crippen LogP contribution >= 0.6 is 0 Å². The molecule has 1 aromatic heterocycles. The van der Waals surface area contributed by atoms with Crippen molar-refractivity contribution in [3.8, 4) is 0 Å². The lowest BCUT2D eigenvalue weighted by atomic mass is 10.2. The van der Waals surface area contributed by atoms with E-state index in [1.165, 1.54) is 17.3 Å². The average molecular weight is 423 g/mol. The maximum atomic E-state index is 11.6. The van der Waals surface area contributed by atoms with Crippen LogP contribution < -0.4 is 10.4 Å². The second-order valence-corrected chi connectivity index (χ2v) is 12.7. The van der Waals surface area contributed by atoms with Crippen LogP contribution in [0.5, 0.6) is 0 Å². The Hall–Kier alpha value is -2.54. The van der Waals surface area contributed by atoms with Crippen molar-refractivity contribution in [2.45, 2.75) is 38.8 Å². The zero-order chi connectivity index (χ0) is 21.8. The molecule has 2 aromatic carbocycles. The first-order valence-corrected chi connectivity index (χ1v) is 12.0. The molecule has 1 N–H and O–H groups in total. The van der Waals surface area contributed by atoms with Crippen LogP contribution in [0.3, 0.4) is 0 Å². The van der Waals surface area contributed by atoms with Crippen LogP contribution in [-0.4, -0.2) is 37.8 Å². The number of methoxy groups -OCH3 is 1. The highest BCUT2D eigenvalue weighted by molar-refractivity contribution is 6.99. The maximum Gasteiger partial charge on any atom is 0.261 e. The van der Waals surface area contributed by atoms with Crippen LogP contribution in [0.2, 0.25) is 5.04 Å². The standard InChI is InChI=1S/C24H30N2O3Si/c1-18(27)23-25-16-21(26-23)22(28-5)17-29-30(24(2,3)4,19-12-8-6-9-13-19)20-14-10-7-11-15-20/h6-16,22H,17H2,1-5H3,(H,25,26). The number of imidazole rings is 1. The monoisotopic (exact) mass is 422 g/mol. The molecule has 0 spiro atoms. The molecule has 158 valence electrons. The van der Waals surface area contributed by atoms with E-state index in [4.69, 9.17) is 9.16 Å². The molecule has 0 saturated carbocycles. The van der Waals surface area contributed by atoms with Gasteiger partial charge in [-0.1, -0.05) is 81.4 Å². The smallest absolute Gasteiger partial charge is 0.261 e. The molecule has 0 aliphatic rings. The number of nitrogens with one attached hydrogen (secondary N) is 1. The van der Waals surface area contributed by atoms with E-state index >= 15 is 0 Å². The van der Waals surface area contributed by atoms with Gasteiger partial charge in [0.2, 0.25) is 0 Å². The molecule has 1 unspecified atom stereocenters. The Balaban J connectivity index is 2.03. The fourth-order valence-electron chi connectivity index (χ4n) is 3.92. The largest absolute Gasteiger partial charge is 0.404 e. The summed E-state index contributed by atoms with van der Waals surface area (Å²) in [7, 11) is -1.01. The van der Waals surface area contributed by atoms with Crippen molar-refractivity contribution < 1.29 is 14.0 Å². The molecule has 1 heterocycles. The number of H-pyrrole nitrogens is 1. The summed E-state index contributed by atoms with van der Waals surface area (Å²) >= 11 is 0. The van der Waals surface area contributed by atoms with Gasteiger partial charge in [-0.25, -0.2) is 4.98 Å². The molecule has 0 aliphatic carbocycles. The van der Waals surface area contributed by atoms with E-state index in [-0.39, 0.29) is 16.9 Å². The van der Waals surface area contributed by atoms with Gasteiger partial charge in [0.25, 0.3) is 8.32 Å². The van der Waals surface area contributed by atoms with Gasteiger partial charge in [-0.3, -0.25) is 4.79 Å². The minimum Gasteiger partial charge on any atom is -0.404 e. The first-order valence-electron chi connectivity index (χ1n) is 10.1. The van der Waals surface area contributed by atoms with Crippen molar-refractivity contribution in [3.63, 3.8) is 0 Å². The van der Waals surface area contributed by atoms with Crippen LogP contribution in [0.4, 0.5) is 0 Å². The SMILES string of the molecule is COC(CO[Si](c1ccccc1)(c1ccccc1)C(C)(C)C)c1cnc(C(C)=O)[nH]1. The molecule has 3 aromatic rings. The Morgan fingerprint density at radius 3 is 1.97 bits per heavy atom. The van der Waals surface area contributed by atoms with Crippen molar-refractivity contribution in [1.29, 1.82) is 0 Å². The molecule has 0 saturated heterocycles. The number of aromatic amines is 1. The van der Waals surface area contributed by atoms with Crippen molar-refractivity contribution in [2.75, 3.05) is 13.7 Å². The number of Topliss-reactive ketones (excluding diaryl/α,β-unsaturated/α-hetero) is 1. The Kier molecular flexibility index (Phi) is 6.70. The minimum absolute atomic E-state index is 0.107. The second-order valence-electron chi connectivity index (χ2n) is 8.44. The van der Waals surface area contributed by atoms with Gasteiger partial charge >= 0.3 is 0 Å². The van der Waals surface area contributed by atoms with E-state index in [0.717, 1.165) is 5.69 Å². The summed E-state index contributed by atoms with van der Waals surface area (Å²) in [6.45, 7) is 8.56. The molecule has 0 fully saturated rings. The molecule has 30 heavy (non-hydrogen) atoms. The molecule has 5 nitrogen and oxygen atoms in total. The van der Waals surface area contributed by atoms with Crippen LogP contribution in [0.1, 0.15) is 50.1 Å². The predicted octanol–water partition coefficient (Wildman–Crippen LogP) is 3.88. The summed E-state index contributed by atoms with van der Waals surface area (Å²) in [4.78, 5) is 18.9. The van der Waals surface area contributed by atoms with Crippen LogP contribution in [0.25, 0.3) is 0 Å². The lowest BCUT2D eigenvalue weighted by Gasteiger charge is -2.43. The highest BCUT2D eigenvalue weighted by Gasteiger charge is 2.50. The Labute approximate surface area is 179 Å². The maximum absolute atomic E-state index is 11.6. The summed E-state index contributed by atoms with van der Waals surface area (Å²) in [5.74, 6) is 0.224. The Bertz CT molecular complexity index is 925. The molecule has 0 bridgehead atoms. The first-order chi connectivity index (χ1) is 14.3. The summed E-state index contributed by atoms with van der Waals surface area (Å²) in [6.07, 6.45) is 1.30. The lowest BCUT2D eigenvalue weighted by Crippen LogP contribution is -2.66. The second kappa shape index (κ2) is 9.08. The molecule has 6 heteroatoms. The van der Waals surface area contributed by atoms with Crippen molar-refractivity contribution in [1.82, 2.24) is 9.97 Å². The van der Waals surface area contributed by atoms with E-state index in [1.54, 1.807) is 13.3 Å². The number of ketones is 1. The van der Waals surface area contributed by atoms with Gasteiger partial charge in [-0.2, -0.15) is 0 Å². The Morgan fingerprint density at radius 2 is 1.57 bits per heavy atom. The van der Waals surface area contributed by atoms with Crippen molar-refractivity contribution >= 4 is 24.5 Å². The lowest BCUT2D eigenvalue weighted by molar-refractivity contribution is 0.0512. The third kappa shape index (κ3) is 4.31. The van der Waals surface area contributed by atoms with Crippen LogP contribution in [0, 0.1) is 0 Å². The van der Waals surface area contributed by atoms with Gasteiger partial charge in [-0.15, -0.1) is 0 Å². The van der Waals surface area contributed by atoms with E-state index in [1.807, 2.05) is 12.1 Å². The van der Waals surface area contributed by atoms with Crippen LogP contribution in [0.15, 0.2) is 66.9 Å². The summed E-state index contributed by atoms with van der Waals surface area (Å²) < 4.78 is 12.6. The number of nitrogens with zero attached hydrogens (tertiary/aromatic N) is 1. The number of benzene rings is 2. The molecule has 0 aliphatic heterocycles. The number of ether oxygens (including phenoxy) is 1. The minimum atomic E-state index is -2.66. The molecule has 3 rings (SSSR count). The number of hydrogen-bond donors (Lipinski definition) is 1. The zero-order valence-electron chi connectivity index (χ0n) is 18.3. The quantitative estimate of drug-likeness (QED) is 0.442. The van der Waals surface area contributed by atoms with Crippen molar-refractivity contribution in [2.24, 2.45) is 0 Å². The average Bonchev–Trinajstić information content (AvgIpc) is 3.22. The van der Waals surface area contributed by atoms with Gasteiger partial charge in [0, 0.05) is 14.0 Å². The number of carbonyl (C=O) groups is 1. The highest BCUT2D eigenvalue weighted by atomic mass is 28.4. The van der Waals surface area contributed by atoms with Crippen molar-refractivity contribution in [3.05, 3.63) is 78.4 Å². The third-order valence-corrected chi connectivity index (χ3v) is 10.4. The molecule has 0 amide bonds. The third-order valence-electron chi connectivity index (χ3n) is 5.43. The highest BCUT2D eigenvalue weighted by Crippen LogP contribution is 2.37. The fourth-order valence-corrected chi connectivity index (χ4v) is 8.48. The normalized spacial score (nSPS) is 13.2. The van der Waals surface area contributed by atoms with E-state index < -0.39 is 8.32 Å². The molecular weight excluding hydrogens is 392 g/mol. The van der Waals surface area contributed by atoms with Gasteiger partial charge in [0.05, 0.1) is 18.5 Å². The fraction of sp³-hybridized carbons (Fsp3) is 0.333. The van der Waals surface area contributed by atoms with Gasteiger partial charge in [-0.05, 0) is 15.4 Å². The van der Waals surface area contributed by atoms with E-state index in [0.29, 0.717) is 12.4 Å². The summed E-state index contributed by atoms with van der Waals surface area (Å²) in [5, 5.41) is 2.31. The van der Waals surface area contributed by atoms with E-state index in [2.05, 4.69) is 79.3 Å². The van der Waals surface area contributed by atoms with Crippen LogP contribution in [-0.2, 0) is 9.16 Å². The Morgan fingerprint density at radius 1 is 1.03 bits per heavy atom. The molecule has 0 radical (unpaired) electrons. The number of rotatable bonds is 8. The number of aromatic nitrogens is 2. The molecular formula is C24H30N2O3Si. The van der Waals surface area contributed by atoms with Gasteiger partial charge in [0.15, 0.2) is 11.6 Å². The topological polar surface area (TPSA) is 64.2 Å². The van der Waals surface area contributed by atoms with Gasteiger partial charge < -0.3 is 14.1 Å². The number of hydrogen-bond acceptors (Lipinski definition) is 4. The predicted molar refractivity (Wildman–Crippen MR) is 122 cm³/mol.